The summed E-state index contributed by atoms with van der Waals surface area (Å²) in [5.41, 5.74) is 4.56. The van der Waals surface area contributed by atoms with Crippen LogP contribution >= 0.6 is 23.4 Å². The van der Waals surface area contributed by atoms with Gasteiger partial charge in [0.25, 0.3) is 0 Å². The molecule has 3 aromatic rings. The molecule has 1 aliphatic rings. The molecule has 0 N–H and O–H groups in total. The second kappa shape index (κ2) is 6.77. The maximum Gasteiger partial charge on any atom is 0.176 e. The van der Waals surface area contributed by atoms with Crippen LogP contribution in [0.4, 0.5) is 4.39 Å². The van der Waals surface area contributed by atoms with Crippen molar-refractivity contribution in [2.75, 3.05) is 0 Å². The van der Waals surface area contributed by atoms with Gasteiger partial charge in [0.1, 0.15) is 10.8 Å². The Morgan fingerprint density at radius 1 is 1.20 bits per heavy atom. The van der Waals surface area contributed by atoms with Crippen molar-refractivity contribution in [2.24, 2.45) is 0 Å². The molecule has 128 valence electrons. The van der Waals surface area contributed by atoms with Crippen LogP contribution in [0.25, 0.3) is 5.82 Å². The third kappa shape index (κ3) is 3.28. The highest BCUT2D eigenvalue weighted by Gasteiger charge is 2.20. The summed E-state index contributed by atoms with van der Waals surface area (Å²) in [6.45, 7) is 2.08. The van der Waals surface area contributed by atoms with E-state index < -0.39 is 0 Å². The molecule has 0 unspecified atom stereocenters. The minimum absolute atomic E-state index is 0.329. The Kier molecular flexibility index (Phi) is 4.48. The Balaban J connectivity index is 1.49. The van der Waals surface area contributed by atoms with Gasteiger partial charge >= 0.3 is 0 Å². The van der Waals surface area contributed by atoms with Gasteiger partial charge in [0.15, 0.2) is 5.82 Å². The van der Waals surface area contributed by atoms with Crippen molar-refractivity contribution in [3.63, 3.8) is 0 Å². The molecule has 0 atom stereocenters. The summed E-state index contributed by atoms with van der Waals surface area (Å²) >= 11 is 7.57. The average molecular weight is 375 g/mol. The van der Waals surface area contributed by atoms with Crippen LogP contribution in [-0.2, 0) is 18.6 Å². The van der Waals surface area contributed by atoms with Crippen molar-refractivity contribution in [1.82, 2.24) is 20.0 Å². The van der Waals surface area contributed by atoms with E-state index in [-0.39, 0.29) is 5.82 Å². The van der Waals surface area contributed by atoms with Crippen molar-refractivity contribution >= 4 is 23.4 Å². The van der Waals surface area contributed by atoms with Crippen molar-refractivity contribution < 1.29 is 4.39 Å². The van der Waals surface area contributed by atoms with Gasteiger partial charge in [0.2, 0.25) is 0 Å². The molecule has 0 bridgehead atoms. The third-order valence-corrected chi connectivity index (χ3v) is 5.72. The summed E-state index contributed by atoms with van der Waals surface area (Å²) in [7, 11) is 0. The van der Waals surface area contributed by atoms with E-state index >= 15 is 0 Å². The number of aryl methyl sites for hydroxylation is 1. The van der Waals surface area contributed by atoms with Gasteiger partial charge in [-0.15, -0.1) is 10.2 Å². The van der Waals surface area contributed by atoms with Gasteiger partial charge in [-0.25, -0.2) is 9.07 Å². The van der Waals surface area contributed by atoms with E-state index in [0.29, 0.717) is 10.8 Å². The van der Waals surface area contributed by atoms with Gasteiger partial charge in [-0.2, -0.15) is 5.10 Å². The lowest BCUT2D eigenvalue weighted by molar-refractivity contribution is 0.627. The number of hydrogen-bond donors (Lipinski definition) is 0. The van der Waals surface area contributed by atoms with E-state index in [1.165, 1.54) is 41.6 Å². The average Bonchev–Trinajstić information content (AvgIpc) is 3.18. The Hall–Kier alpha value is -1.92. The van der Waals surface area contributed by atoms with E-state index in [2.05, 4.69) is 22.2 Å². The molecule has 2 aromatic heterocycles. The highest BCUT2D eigenvalue weighted by atomic mass is 35.5. The van der Waals surface area contributed by atoms with Gasteiger partial charge in [-0.1, -0.05) is 29.4 Å². The van der Waals surface area contributed by atoms with E-state index in [9.17, 15) is 4.39 Å². The first-order chi connectivity index (χ1) is 12.1. The number of rotatable bonds is 4. The minimum atomic E-state index is -0.329. The topological polar surface area (TPSA) is 43.6 Å². The molecule has 4 nitrogen and oxygen atoms in total. The molecular formula is C18H16ClFN4S. The molecule has 2 heterocycles. The summed E-state index contributed by atoms with van der Waals surface area (Å²) < 4.78 is 15.0. The Bertz CT molecular complexity index is 924. The fraction of sp³-hybridized carbons (Fsp3) is 0.278. The molecule has 1 aliphatic carbocycles. The third-order valence-electron chi connectivity index (χ3n) is 4.40. The first-order valence-electron chi connectivity index (χ1n) is 8.10. The Morgan fingerprint density at radius 2 is 2.08 bits per heavy atom. The summed E-state index contributed by atoms with van der Waals surface area (Å²) in [6.07, 6.45) is 3.33. The number of aromatic nitrogens is 4. The van der Waals surface area contributed by atoms with Crippen LogP contribution in [-0.4, -0.2) is 20.0 Å². The van der Waals surface area contributed by atoms with Crippen molar-refractivity contribution in [3.05, 3.63) is 63.7 Å². The first-order valence-corrected chi connectivity index (χ1v) is 9.46. The molecule has 25 heavy (non-hydrogen) atoms. The molecule has 4 rings (SSSR count). The lowest BCUT2D eigenvalue weighted by Crippen LogP contribution is -2.04. The largest absolute Gasteiger partial charge is 0.217 e. The Labute approximate surface area is 154 Å². The highest BCUT2D eigenvalue weighted by Crippen LogP contribution is 2.28. The normalized spacial score (nSPS) is 13.2. The molecule has 7 heteroatoms. The van der Waals surface area contributed by atoms with Crippen LogP contribution in [0.2, 0.25) is 5.02 Å². The van der Waals surface area contributed by atoms with Crippen molar-refractivity contribution in [1.29, 1.82) is 0 Å². The molecule has 0 saturated heterocycles. The van der Waals surface area contributed by atoms with Crippen LogP contribution in [0.1, 0.15) is 28.9 Å². The van der Waals surface area contributed by atoms with Crippen molar-refractivity contribution in [3.8, 4) is 5.82 Å². The summed E-state index contributed by atoms with van der Waals surface area (Å²) in [4.78, 5) is 0. The van der Waals surface area contributed by atoms with Gasteiger partial charge in [-0.3, -0.25) is 0 Å². The summed E-state index contributed by atoms with van der Waals surface area (Å²) in [5.74, 6) is 1.02. The molecule has 0 spiro atoms. The highest BCUT2D eigenvalue weighted by molar-refractivity contribution is 7.98. The molecule has 0 radical (unpaired) electrons. The van der Waals surface area contributed by atoms with Gasteiger partial charge in [0.05, 0.1) is 5.69 Å². The minimum Gasteiger partial charge on any atom is -0.217 e. The van der Waals surface area contributed by atoms with Crippen LogP contribution in [0, 0.1) is 12.7 Å². The molecule has 0 saturated carbocycles. The van der Waals surface area contributed by atoms with Crippen LogP contribution in [0.5, 0.6) is 0 Å². The summed E-state index contributed by atoms with van der Waals surface area (Å²) in [5, 5.41) is 14.5. The number of hydrogen-bond acceptors (Lipinski definition) is 4. The number of halogens is 2. The SMILES string of the molecule is Cc1c2c(nn1-c1ccc(SCc3ccc(F)cc3Cl)nn1)CCC2. The summed E-state index contributed by atoms with van der Waals surface area (Å²) in [6, 6.07) is 8.29. The van der Waals surface area contributed by atoms with E-state index in [1.54, 1.807) is 6.07 Å². The zero-order valence-electron chi connectivity index (χ0n) is 13.7. The standard InChI is InChI=1S/C18H16ClFN4S/c1-11-14-3-2-4-16(14)23-24(11)17-7-8-18(22-21-17)25-10-12-5-6-13(20)9-15(12)19/h5-9H,2-4,10H2,1H3. The van der Waals surface area contributed by atoms with Crippen molar-refractivity contribution in [2.45, 2.75) is 37.0 Å². The zero-order chi connectivity index (χ0) is 17.4. The second-order valence-electron chi connectivity index (χ2n) is 6.03. The van der Waals surface area contributed by atoms with Gasteiger partial charge < -0.3 is 0 Å². The quantitative estimate of drug-likeness (QED) is 0.628. The maximum atomic E-state index is 13.1. The second-order valence-corrected chi connectivity index (χ2v) is 7.43. The monoisotopic (exact) mass is 374 g/mol. The van der Waals surface area contributed by atoms with E-state index in [0.717, 1.165) is 34.9 Å². The Morgan fingerprint density at radius 3 is 2.80 bits per heavy atom. The predicted molar refractivity (Wildman–Crippen MR) is 96.9 cm³/mol. The number of nitrogens with zero attached hydrogens (tertiary/aromatic N) is 4. The van der Waals surface area contributed by atoms with Gasteiger partial charge in [0, 0.05) is 16.5 Å². The van der Waals surface area contributed by atoms with Crippen LogP contribution in [0.3, 0.4) is 0 Å². The molecular weight excluding hydrogens is 359 g/mol. The van der Waals surface area contributed by atoms with Gasteiger partial charge in [-0.05, 0) is 61.6 Å². The lowest BCUT2D eigenvalue weighted by atomic mass is 10.2. The van der Waals surface area contributed by atoms with E-state index in [1.807, 2.05) is 16.8 Å². The number of thioether (sulfide) groups is 1. The fourth-order valence-electron chi connectivity index (χ4n) is 3.07. The number of fused-ring (bicyclic) bond motifs is 1. The molecule has 0 amide bonds. The lowest BCUT2D eigenvalue weighted by Gasteiger charge is -2.06. The number of benzene rings is 1. The molecule has 1 aromatic carbocycles. The molecule has 0 fully saturated rings. The fourth-order valence-corrected chi connectivity index (χ4v) is 4.20. The van der Waals surface area contributed by atoms with Crippen LogP contribution < -0.4 is 0 Å². The molecule has 0 aliphatic heterocycles. The smallest absolute Gasteiger partial charge is 0.176 e. The zero-order valence-corrected chi connectivity index (χ0v) is 15.2. The maximum absolute atomic E-state index is 13.1. The van der Waals surface area contributed by atoms with E-state index in [4.69, 9.17) is 11.6 Å². The van der Waals surface area contributed by atoms with Crippen LogP contribution in [0.15, 0.2) is 35.4 Å². The first kappa shape index (κ1) is 16.5. The predicted octanol–water partition coefficient (Wildman–Crippen LogP) is 4.54.